The minimum Gasteiger partial charge on any atom is -0.351 e. The molecule has 0 bridgehead atoms. The van der Waals surface area contributed by atoms with Gasteiger partial charge in [0.2, 0.25) is 5.76 Å². The van der Waals surface area contributed by atoms with E-state index in [0.717, 1.165) is 25.9 Å². The first-order valence-electron chi connectivity index (χ1n) is 7.63. The van der Waals surface area contributed by atoms with Crippen LogP contribution in [-0.4, -0.2) is 61.1 Å². The number of nitrogens with zero attached hydrogens (tertiary/aromatic N) is 2. The molecule has 1 amide bonds. The number of piperidine rings is 1. The molecular weight excluding hydrogens is 306 g/mol. The first kappa shape index (κ1) is 15.5. The lowest BCUT2D eigenvalue weighted by Crippen LogP contribution is -2.52. The second kappa shape index (κ2) is 6.00. The number of sulfone groups is 1. The highest BCUT2D eigenvalue weighted by atomic mass is 32.2. The van der Waals surface area contributed by atoms with E-state index < -0.39 is 15.7 Å². The van der Waals surface area contributed by atoms with Crippen molar-refractivity contribution in [2.24, 2.45) is 0 Å². The molecule has 2 aliphatic heterocycles. The number of amides is 1. The fourth-order valence-corrected chi connectivity index (χ4v) is 5.24. The van der Waals surface area contributed by atoms with Crippen LogP contribution in [0.1, 0.15) is 35.5 Å². The van der Waals surface area contributed by atoms with Crippen LogP contribution in [0.25, 0.3) is 0 Å². The summed E-state index contributed by atoms with van der Waals surface area (Å²) in [7, 11) is -3.12. The summed E-state index contributed by atoms with van der Waals surface area (Å²) in [4.78, 5) is 14.4. The maximum Gasteiger partial charge on any atom is 0.290 e. The Hall–Kier alpha value is -1.41. The average molecular weight is 327 g/mol. The third-order valence-electron chi connectivity index (χ3n) is 4.35. The number of aromatic nitrogens is 1. The highest BCUT2D eigenvalue weighted by Crippen LogP contribution is 2.22. The van der Waals surface area contributed by atoms with E-state index in [1.54, 1.807) is 13.0 Å². The van der Waals surface area contributed by atoms with Gasteiger partial charge in [0, 0.05) is 12.1 Å². The molecule has 122 valence electrons. The number of likely N-dealkylation sites (tertiary alicyclic amines) is 1. The van der Waals surface area contributed by atoms with Gasteiger partial charge in [0.05, 0.1) is 23.2 Å². The molecule has 0 aromatic carbocycles. The van der Waals surface area contributed by atoms with E-state index in [0.29, 0.717) is 5.69 Å². The molecule has 3 heterocycles. The predicted octanol–water partition coefficient (Wildman–Crippen LogP) is 0.364. The van der Waals surface area contributed by atoms with Crippen molar-refractivity contribution in [2.75, 3.05) is 24.6 Å². The summed E-state index contributed by atoms with van der Waals surface area (Å²) in [5.41, 5.74) is 0.622. The minimum atomic E-state index is -3.12. The molecule has 7 nitrogen and oxygen atoms in total. The summed E-state index contributed by atoms with van der Waals surface area (Å²) >= 11 is 0. The van der Waals surface area contributed by atoms with Gasteiger partial charge in [-0.2, -0.15) is 0 Å². The van der Waals surface area contributed by atoms with E-state index in [-0.39, 0.29) is 29.3 Å². The van der Waals surface area contributed by atoms with Gasteiger partial charge in [0.15, 0.2) is 9.84 Å². The summed E-state index contributed by atoms with van der Waals surface area (Å²) in [6.45, 7) is 3.53. The molecule has 2 atom stereocenters. The lowest BCUT2D eigenvalue weighted by atomic mass is 10.0. The van der Waals surface area contributed by atoms with Crippen LogP contribution in [0.3, 0.4) is 0 Å². The van der Waals surface area contributed by atoms with Crippen LogP contribution in [-0.2, 0) is 9.84 Å². The van der Waals surface area contributed by atoms with Gasteiger partial charge in [-0.25, -0.2) is 8.42 Å². The Kier molecular flexibility index (Phi) is 4.22. The summed E-state index contributed by atoms with van der Waals surface area (Å²) in [5.74, 6) is -0.163. The standard InChI is InChI=1S/C14H21N3O4S/c1-10-7-13(21-16-10)14(18)15-11-8-22(19,20)9-12(11)17-5-3-2-4-6-17/h7,11-12H,2-6,8-9H2,1H3,(H,15,18)/t11-,12-/m1/s1. The molecule has 22 heavy (non-hydrogen) atoms. The van der Waals surface area contributed by atoms with Crippen LogP contribution in [0.15, 0.2) is 10.6 Å². The minimum absolute atomic E-state index is 0.00692. The number of carbonyl (C=O) groups is 1. The Labute approximate surface area is 129 Å². The van der Waals surface area contributed by atoms with Gasteiger partial charge in [-0.05, 0) is 32.9 Å². The summed E-state index contributed by atoms with van der Waals surface area (Å²) in [6.07, 6.45) is 3.35. The zero-order valence-electron chi connectivity index (χ0n) is 12.6. The van der Waals surface area contributed by atoms with E-state index in [2.05, 4.69) is 15.4 Å². The fourth-order valence-electron chi connectivity index (χ4n) is 3.29. The number of carbonyl (C=O) groups excluding carboxylic acids is 1. The van der Waals surface area contributed by atoms with Crippen LogP contribution in [0.5, 0.6) is 0 Å². The van der Waals surface area contributed by atoms with E-state index >= 15 is 0 Å². The molecule has 0 aliphatic carbocycles. The third kappa shape index (κ3) is 3.33. The Balaban J connectivity index is 1.73. The van der Waals surface area contributed by atoms with E-state index in [4.69, 9.17) is 4.52 Å². The first-order valence-corrected chi connectivity index (χ1v) is 9.45. The Morgan fingerprint density at radius 1 is 1.32 bits per heavy atom. The SMILES string of the molecule is Cc1cc(C(=O)N[C@@H]2CS(=O)(=O)C[C@H]2N2CCCCC2)on1. The molecule has 0 radical (unpaired) electrons. The van der Waals surface area contributed by atoms with Crippen molar-refractivity contribution in [1.29, 1.82) is 0 Å². The average Bonchev–Trinajstić information content (AvgIpc) is 3.03. The van der Waals surface area contributed by atoms with Gasteiger partial charge < -0.3 is 9.84 Å². The van der Waals surface area contributed by atoms with Crippen molar-refractivity contribution < 1.29 is 17.7 Å². The third-order valence-corrected chi connectivity index (χ3v) is 6.07. The van der Waals surface area contributed by atoms with Gasteiger partial charge in [-0.15, -0.1) is 0 Å². The summed E-state index contributed by atoms with van der Waals surface area (Å²) in [6, 6.07) is 1.02. The molecule has 3 rings (SSSR count). The maximum atomic E-state index is 12.2. The van der Waals surface area contributed by atoms with Crippen molar-refractivity contribution >= 4 is 15.7 Å². The van der Waals surface area contributed by atoms with Crippen LogP contribution < -0.4 is 5.32 Å². The highest BCUT2D eigenvalue weighted by molar-refractivity contribution is 7.91. The second-order valence-electron chi connectivity index (χ2n) is 6.15. The van der Waals surface area contributed by atoms with Crippen molar-refractivity contribution in [1.82, 2.24) is 15.4 Å². The van der Waals surface area contributed by atoms with E-state index in [1.807, 2.05) is 0 Å². The van der Waals surface area contributed by atoms with Crippen LogP contribution >= 0.6 is 0 Å². The smallest absolute Gasteiger partial charge is 0.290 e. The highest BCUT2D eigenvalue weighted by Gasteiger charge is 2.42. The lowest BCUT2D eigenvalue weighted by Gasteiger charge is -2.34. The first-order chi connectivity index (χ1) is 10.4. The quantitative estimate of drug-likeness (QED) is 0.862. The Bertz CT molecular complexity index is 649. The van der Waals surface area contributed by atoms with Gasteiger partial charge in [-0.1, -0.05) is 11.6 Å². The van der Waals surface area contributed by atoms with Crippen LogP contribution in [0, 0.1) is 6.92 Å². The van der Waals surface area contributed by atoms with Crippen molar-refractivity contribution in [2.45, 2.75) is 38.3 Å². The van der Waals surface area contributed by atoms with Gasteiger partial charge in [-0.3, -0.25) is 9.69 Å². The summed E-state index contributed by atoms with van der Waals surface area (Å²) in [5, 5.41) is 6.50. The summed E-state index contributed by atoms with van der Waals surface area (Å²) < 4.78 is 28.9. The fraction of sp³-hybridized carbons (Fsp3) is 0.714. The molecule has 2 aliphatic rings. The Morgan fingerprint density at radius 2 is 2.05 bits per heavy atom. The number of hydrogen-bond donors (Lipinski definition) is 1. The zero-order chi connectivity index (χ0) is 15.7. The van der Waals surface area contributed by atoms with Gasteiger partial charge in [0.1, 0.15) is 0 Å². The molecule has 2 saturated heterocycles. The van der Waals surface area contributed by atoms with Gasteiger partial charge in [0.25, 0.3) is 5.91 Å². The van der Waals surface area contributed by atoms with E-state index in [9.17, 15) is 13.2 Å². The molecule has 1 aromatic rings. The van der Waals surface area contributed by atoms with Crippen LogP contribution in [0.4, 0.5) is 0 Å². The molecule has 1 aromatic heterocycles. The number of hydrogen-bond acceptors (Lipinski definition) is 6. The molecule has 1 N–H and O–H groups in total. The number of aryl methyl sites for hydroxylation is 1. The largest absolute Gasteiger partial charge is 0.351 e. The number of rotatable bonds is 3. The molecule has 8 heteroatoms. The zero-order valence-corrected chi connectivity index (χ0v) is 13.4. The predicted molar refractivity (Wildman–Crippen MR) is 80.4 cm³/mol. The van der Waals surface area contributed by atoms with Crippen molar-refractivity contribution in [3.8, 4) is 0 Å². The van der Waals surface area contributed by atoms with E-state index in [1.165, 1.54) is 6.42 Å². The molecule has 0 spiro atoms. The molecule has 0 unspecified atom stereocenters. The van der Waals surface area contributed by atoms with Gasteiger partial charge >= 0.3 is 0 Å². The topological polar surface area (TPSA) is 92.5 Å². The molecule has 2 fully saturated rings. The van der Waals surface area contributed by atoms with Crippen molar-refractivity contribution in [3.63, 3.8) is 0 Å². The van der Waals surface area contributed by atoms with Crippen molar-refractivity contribution in [3.05, 3.63) is 17.5 Å². The lowest BCUT2D eigenvalue weighted by molar-refractivity contribution is 0.0864. The second-order valence-corrected chi connectivity index (χ2v) is 8.31. The maximum absolute atomic E-state index is 12.2. The molecule has 0 saturated carbocycles. The Morgan fingerprint density at radius 3 is 2.68 bits per heavy atom. The number of nitrogens with one attached hydrogen (secondary N) is 1. The monoisotopic (exact) mass is 327 g/mol. The molecular formula is C14H21N3O4S. The van der Waals surface area contributed by atoms with Crippen LogP contribution in [0.2, 0.25) is 0 Å². The normalized spacial score (nSPS) is 28.6.